The highest BCUT2D eigenvalue weighted by Gasteiger charge is 2.24. The highest BCUT2D eigenvalue weighted by Crippen LogP contribution is 2.18. The third kappa shape index (κ3) is 3.62. The first kappa shape index (κ1) is 13.7. The van der Waals surface area contributed by atoms with Gasteiger partial charge in [0.2, 0.25) is 5.91 Å². The standard InChI is InChI=1S/C12H20N6O/c1-14-12(19)9-2-4-18(5-3-9)8-10-6-16-11(17-13)7-15-10/h6-7,9H,2-5,8,13H2,1H3,(H,14,19)(H,16,17). The van der Waals surface area contributed by atoms with Crippen molar-refractivity contribution in [3.05, 3.63) is 18.1 Å². The van der Waals surface area contributed by atoms with Crippen LogP contribution in [-0.2, 0) is 11.3 Å². The van der Waals surface area contributed by atoms with E-state index in [1.807, 2.05) is 0 Å². The summed E-state index contributed by atoms with van der Waals surface area (Å²) in [5.41, 5.74) is 3.37. The van der Waals surface area contributed by atoms with Gasteiger partial charge in [0.1, 0.15) is 0 Å². The van der Waals surface area contributed by atoms with Crippen LogP contribution in [0.2, 0.25) is 0 Å². The summed E-state index contributed by atoms with van der Waals surface area (Å²) in [6.07, 6.45) is 5.14. The van der Waals surface area contributed by atoms with Gasteiger partial charge < -0.3 is 10.7 Å². The number of likely N-dealkylation sites (tertiary alicyclic amines) is 1. The van der Waals surface area contributed by atoms with Gasteiger partial charge >= 0.3 is 0 Å². The number of nitrogens with one attached hydrogen (secondary N) is 2. The maximum atomic E-state index is 11.5. The van der Waals surface area contributed by atoms with Crippen molar-refractivity contribution in [1.82, 2.24) is 20.2 Å². The zero-order chi connectivity index (χ0) is 13.7. The summed E-state index contributed by atoms with van der Waals surface area (Å²) in [5, 5.41) is 2.71. The largest absolute Gasteiger partial charge is 0.359 e. The zero-order valence-corrected chi connectivity index (χ0v) is 11.1. The molecule has 0 atom stereocenters. The number of anilines is 1. The Hall–Kier alpha value is -1.73. The third-order valence-electron chi connectivity index (χ3n) is 3.44. The second-order valence-electron chi connectivity index (χ2n) is 4.70. The van der Waals surface area contributed by atoms with Crippen molar-refractivity contribution in [1.29, 1.82) is 0 Å². The molecule has 7 heteroatoms. The van der Waals surface area contributed by atoms with Crippen molar-refractivity contribution >= 4 is 11.7 Å². The topological polar surface area (TPSA) is 96.2 Å². The number of rotatable bonds is 4. The fourth-order valence-electron chi connectivity index (χ4n) is 2.30. The van der Waals surface area contributed by atoms with Crippen molar-refractivity contribution in [2.45, 2.75) is 19.4 Å². The second kappa shape index (κ2) is 6.44. The summed E-state index contributed by atoms with van der Waals surface area (Å²) in [4.78, 5) is 22.2. The molecular weight excluding hydrogens is 244 g/mol. The lowest BCUT2D eigenvalue weighted by molar-refractivity contribution is -0.125. The molecular formula is C12H20N6O. The fourth-order valence-corrected chi connectivity index (χ4v) is 2.30. The number of hydrogen-bond acceptors (Lipinski definition) is 6. The fraction of sp³-hybridized carbons (Fsp3) is 0.583. The van der Waals surface area contributed by atoms with Crippen LogP contribution >= 0.6 is 0 Å². The number of hydrazine groups is 1. The van der Waals surface area contributed by atoms with Gasteiger partial charge in [-0.25, -0.2) is 10.8 Å². The van der Waals surface area contributed by atoms with E-state index in [1.54, 1.807) is 19.4 Å². The lowest BCUT2D eigenvalue weighted by Crippen LogP contribution is -2.39. The van der Waals surface area contributed by atoms with E-state index in [2.05, 4.69) is 25.6 Å². The quantitative estimate of drug-likeness (QED) is 0.511. The predicted octanol–water partition coefficient (Wildman–Crippen LogP) is -0.280. The van der Waals surface area contributed by atoms with E-state index in [-0.39, 0.29) is 11.8 Å². The number of hydrogen-bond donors (Lipinski definition) is 3. The van der Waals surface area contributed by atoms with Crippen molar-refractivity contribution in [2.75, 3.05) is 25.6 Å². The van der Waals surface area contributed by atoms with Crippen LogP contribution in [0.15, 0.2) is 12.4 Å². The van der Waals surface area contributed by atoms with Crippen LogP contribution in [0.3, 0.4) is 0 Å². The molecule has 1 aromatic rings. The highest BCUT2D eigenvalue weighted by atomic mass is 16.1. The Balaban J connectivity index is 1.83. The van der Waals surface area contributed by atoms with E-state index in [9.17, 15) is 4.79 Å². The molecule has 0 spiro atoms. The molecule has 7 nitrogen and oxygen atoms in total. The Bertz CT molecular complexity index is 413. The van der Waals surface area contributed by atoms with Gasteiger partial charge in [0, 0.05) is 19.5 Å². The van der Waals surface area contributed by atoms with Crippen LogP contribution in [0.25, 0.3) is 0 Å². The molecule has 2 rings (SSSR count). The van der Waals surface area contributed by atoms with E-state index in [1.165, 1.54) is 0 Å². The Morgan fingerprint density at radius 2 is 2.16 bits per heavy atom. The van der Waals surface area contributed by atoms with Gasteiger partial charge in [0.15, 0.2) is 5.82 Å². The molecule has 0 saturated carbocycles. The first-order valence-electron chi connectivity index (χ1n) is 6.44. The van der Waals surface area contributed by atoms with Crippen LogP contribution < -0.4 is 16.6 Å². The molecule has 1 amide bonds. The monoisotopic (exact) mass is 264 g/mol. The SMILES string of the molecule is CNC(=O)C1CCN(Cc2cnc(NN)cn2)CC1. The zero-order valence-electron chi connectivity index (χ0n) is 11.1. The molecule has 1 aromatic heterocycles. The Labute approximate surface area is 112 Å². The average molecular weight is 264 g/mol. The normalized spacial score (nSPS) is 17.2. The molecule has 104 valence electrons. The summed E-state index contributed by atoms with van der Waals surface area (Å²) in [6.45, 7) is 2.59. The molecule has 0 unspecified atom stereocenters. The summed E-state index contributed by atoms with van der Waals surface area (Å²) in [7, 11) is 1.69. The smallest absolute Gasteiger partial charge is 0.222 e. The lowest BCUT2D eigenvalue weighted by atomic mass is 9.96. The van der Waals surface area contributed by atoms with E-state index >= 15 is 0 Å². The van der Waals surface area contributed by atoms with Crippen LogP contribution in [-0.4, -0.2) is 40.9 Å². The molecule has 4 N–H and O–H groups in total. The number of aromatic nitrogens is 2. The maximum Gasteiger partial charge on any atom is 0.222 e. The Kier molecular flexibility index (Phi) is 4.64. The van der Waals surface area contributed by atoms with Crippen molar-refractivity contribution < 1.29 is 4.79 Å². The Morgan fingerprint density at radius 1 is 1.42 bits per heavy atom. The predicted molar refractivity (Wildman–Crippen MR) is 71.9 cm³/mol. The van der Waals surface area contributed by atoms with Gasteiger partial charge in [-0.1, -0.05) is 0 Å². The van der Waals surface area contributed by atoms with Crippen molar-refractivity contribution in [2.24, 2.45) is 11.8 Å². The van der Waals surface area contributed by atoms with Crippen LogP contribution in [0.1, 0.15) is 18.5 Å². The molecule has 19 heavy (non-hydrogen) atoms. The van der Waals surface area contributed by atoms with Gasteiger partial charge in [-0.3, -0.25) is 14.7 Å². The number of carbonyl (C=O) groups is 1. The minimum atomic E-state index is 0.149. The first-order chi connectivity index (χ1) is 9.22. The van der Waals surface area contributed by atoms with Gasteiger partial charge in [-0.15, -0.1) is 0 Å². The molecule has 1 aliphatic heterocycles. The molecule has 0 bridgehead atoms. The van der Waals surface area contributed by atoms with Crippen molar-refractivity contribution in [3.8, 4) is 0 Å². The number of nitrogens with two attached hydrogens (primary N) is 1. The van der Waals surface area contributed by atoms with Crippen LogP contribution in [0.5, 0.6) is 0 Å². The summed E-state index contributed by atoms with van der Waals surface area (Å²) < 4.78 is 0. The maximum absolute atomic E-state index is 11.5. The minimum Gasteiger partial charge on any atom is -0.359 e. The molecule has 1 aliphatic rings. The lowest BCUT2D eigenvalue weighted by Gasteiger charge is -2.30. The average Bonchev–Trinajstić information content (AvgIpc) is 2.48. The van der Waals surface area contributed by atoms with E-state index in [4.69, 9.17) is 5.84 Å². The molecule has 0 aromatic carbocycles. The van der Waals surface area contributed by atoms with Crippen molar-refractivity contribution in [3.63, 3.8) is 0 Å². The van der Waals surface area contributed by atoms with Gasteiger partial charge in [0.25, 0.3) is 0 Å². The van der Waals surface area contributed by atoms with Gasteiger partial charge in [-0.05, 0) is 25.9 Å². The van der Waals surface area contributed by atoms with Crippen LogP contribution in [0.4, 0.5) is 5.82 Å². The number of nitrogens with zero attached hydrogens (tertiary/aromatic N) is 3. The number of carbonyl (C=O) groups excluding carboxylic acids is 1. The van der Waals surface area contributed by atoms with E-state index in [0.717, 1.165) is 38.2 Å². The summed E-state index contributed by atoms with van der Waals surface area (Å²) in [6, 6.07) is 0. The number of piperidine rings is 1. The summed E-state index contributed by atoms with van der Waals surface area (Å²) >= 11 is 0. The minimum absolute atomic E-state index is 0.149. The second-order valence-corrected chi connectivity index (χ2v) is 4.70. The molecule has 0 aliphatic carbocycles. The third-order valence-corrected chi connectivity index (χ3v) is 3.44. The Morgan fingerprint density at radius 3 is 2.68 bits per heavy atom. The highest BCUT2D eigenvalue weighted by molar-refractivity contribution is 5.78. The van der Waals surface area contributed by atoms with E-state index < -0.39 is 0 Å². The number of nitrogen functional groups attached to an aromatic ring is 1. The number of amides is 1. The molecule has 1 saturated heterocycles. The molecule has 2 heterocycles. The summed E-state index contributed by atoms with van der Waals surface area (Å²) in [5.74, 6) is 6.10. The van der Waals surface area contributed by atoms with E-state index in [0.29, 0.717) is 5.82 Å². The molecule has 1 fully saturated rings. The molecule has 0 radical (unpaired) electrons. The van der Waals surface area contributed by atoms with Gasteiger partial charge in [0.05, 0.1) is 18.1 Å². The van der Waals surface area contributed by atoms with Crippen LogP contribution in [0, 0.1) is 5.92 Å². The first-order valence-corrected chi connectivity index (χ1v) is 6.44. The van der Waals surface area contributed by atoms with Gasteiger partial charge in [-0.2, -0.15) is 0 Å².